The van der Waals surface area contributed by atoms with E-state index in [1.807, 2.05) is 0 Å². The summed E-state index contributed by atoms with van der Waals surface area (Å²) in [6.45, 7) is 1.20. The minimum atomic E-state index is -0.600. The number of amides is 2. The van der Waals surface area contributed by atoms with E-state index in [1.165, 1.54) is 12.3 Å². The minimum Gasteiger partial charge on any atom is -0.459 e. The third-order valence-electron chi connectivity index (χ3n) is 4.10. The Morgan fingerprint density at radius 3 is 2.42 bits per heavy atom. The highest BCUT2D eigenvalue weighted by Crippen LogP contribution is 2.11. The summed E-state index contributed by atoms with van der Waals surface area (Å²) >= 11 is 0. The highest BCUT2D eigenvalue weighted by atomic mass is 16.5. The molecule has 1 aliphatic heterocycles. The number of nitrogens with two attached hydrogens (primary N) is 1. The Hall–Kier alpha value is -3.29. The number of rotatable bonds is 4. The summed E-state index contributed by atoms with van der Waals surface area (Å²) in [5, 5.41) is 0. The SMILES string of the molecule is Nc1cccc(C(=O)OCC(=O)N2CCN(C(=O)c3ccco3)CC2)c1. The minimum absolute atomic E-state index is 0.199. The van der Waals surface area contributed by atoms with Crippen LogP contribution < -0.4 is 5.73 Å². The summed E-state index contributed by atoms with van der Waals surface area (Å²) < 4.78 is 10.2. The van der Waals surface area contributed by atoms with E-state index in [1.54, 1.807) is 40.1 Å². The third-order valence-corrected chi connectivity index (χ3v) is 4.10. The largest absolute Gasteiger partial charge is 0.459 e. The summed E-state index contributed by atoms with van der Waals surface area (Å²) in [5.41, 5.74) is 6.37. The topological polar surface area (TPSA) is 106 Å². The van der Waals surface area contributed by atoms with E-state index >= 15 is 0 Å². The van der Waals surface area contributed by atoms with Gasteiger partial charge in [0.1, 0.15) is 0 Å². The van der Waals surface area contributed by atoms with Crippen molar-refractivity contribution in [3.63, 3.8) is 0 Å². The lowest BCUT2D eigenvalue weighted by Crippen LogP contribution is -2.51. The zero-order valence-electron chi connectivity index (χ0n) is 14.1. The van der Waals surface area contributed by atoms with Crippen LogP contribution in [0.15, 0.2) is 47.1 Å². The molecule has 1 aromatic carbocycles. The number of ether oxygens (including phenoxy) is 1. The number of nitrogen functional groups attached to an aromatic ring is 1. The number of hydrogen-bond donors (Lipinski definition) is 1. The molecule has 1 aromatic heterocycles. The van der Waals surface area contributed by atoms with Crippen molar-refractivity contribution in [3.05, 3.63) is 54.0 Å². The standard InChI is InChI=1S/C18H19N3O5/c19-14-4-1-3-13(11-14)18(24)26-12-16(22)20-6-8-21(9-7-20)17(23)15-5-2-10-25-15/h1-5,10-11H,6-9,12,19H2. The van der Waals surface area contributed by atoms with Crippen molar-refractivity contribution < 1.29 is 23.5 Å². The molecule has 8 heteroatoms. The maximum absolute atomic E-state index is 12.2. The van der Waals surface area contributed by atoms with Crippen LogP contribution in [-0.2, 0) is 9.53 Å². The van der Waals surface area contributed by atoms with Crippen molar-refractivity contribution in [3.8, 4) is 0 Å². The summed E-state index contributed by atoms with van der Waals surface area (Å²) in [4.78, 5) is 39.5. The second-order valence-corrected chi connectivity index (χ2v) is 5.85. The number of benzene rings is 1. The molecule has 1 aliphatic rings. The fraction of sp³-hybridized carbons (Fsp3) is 0.278. The number of hydrogen-bond acceptors (Lipinski definition) is 6. The van der Waals surface area contributed by atoms with Gasteiger partial charge in [0.2, 0.25) is 0 Å². The fourth-order valence-electron chi connectivity index (χ4n) is 2.68. The predicted octanol–water partition coefficient (Wildman–Crippen LogP) is 1.00. The van der Waals surface area contributed by atoms with Gasteiger partial charge in [-0.15, -0.1) is 0 Å². The van der Waals surface area contributed by atoms with Crippen LogP contribution >= 0.6 is 0 Å². The van der Waals surface area contributed by atoms with Crippen molar-refractivity contribution in [2.24, 2.45) is 0 Å². The Bertz CT molecular complexity index is 795. The number of piperazine rings is 1. The van der Waals surface area contributed by atoms with Crippen molar-refractivity contribution >= 4 is 23.5 Å². The van der Waals surface area contributed by atoms with Gasteiger partial charge in [-0.05, 0) is 30.3 Å². The molecule has 1 saturated heterocycles. The molecule has 0 bridgehead atoms. The molecule has 2 amide bonds. The number of carbonyl (C=O) groups excluding carboxylic acids is 3. The van der Waals surface area contributed by atoms with Gasteiger partial charge in [-0.3, -0.25) is 9.59 Å². The predicted molar refractivity (Wildman–Crippen MR) is 92.3 cm³/mol. The number of esters is 1. The Morgan fingerprint density at radius 1 is 1.04 bits per heavy atom. The molecule has 2 aromatic rings. The van der Waals surface area contributed by atoms with Crippen molar-refractivity contribution in [2.45, 2.75) is 0 Å². The fourth-order valence-corrected chi connectivity index (χ4v) is 2.68. The average molecular weight is 357 g/mol. The average Bonchev–Trinajstić information content (AvgIpc) is 3.20. The van der Waals surface area contributed by atoms with Crippen LogP contribution in [0.3, 0.4) is 0 Å². The van der Waals surface area contributed by atoms with Crippen LogP contribution in [0.25, 0.3) is 0 Å². The monoisotopic (exact) mass is 357 g/mol. The molecule has 0 atom stereocenters. The van der Waals surface area contributed by atoms with Crippen LogP contribution in [0.1, 0.15) is 20.9 Å². The van der Waals surface area contributed by atoms with Gasteiger partial charge in [0.15, 0.2) is 12.4 Å². The van der Waals surface area contributed by atoms with E-state index < -0.39 is 5.97 Å². The number of carbonyl (C=O) groups is 3. The highest BCUT2D eigenvalue weighted by Gasteiger charge is 2.26. The molecule has 2 N–H and O–H groups in total. The Balaban J connectivity index is 1.46. The van der Waals surface area contributed by atoms with Gasteiger partial charge < -0.3 is 24.7 Å². The molecule has 0 radical (unpaired) electrons. The van der Waals surface area contributed by atoms with Crippen LogP contribution in [0.4, 0.5) is 5.69 Å². The lowest BCUT2D eigenvalue weighted by molar-refractivity contribution is -0.136. The van der Waals surface area contributed by atoms with E-state index in [4.69, 9.17) is 14.9 Å². The van der Waals surface area contributed by atoms with E-state index in [0.717, 1.165) is 0 Å². The molecule has 1 fully saturated rings. The number of nitrogens with zero attached hydrogens (tertiary/aromatic N) is 2. The van der Waals surface area contributed by atoms with Crippen molar-refractivity contribution in [2.75, 3.05) is 38.5 Å². The first kappa shape index (κ1) is 17.5. The number of anilines is 1. The van der Waals surface area contributed by atoms with Crippen molar-refractivity contribution in [1.29, 1.82) is 0 Å². The van der Waals surface area contributed by atoms with E-state index in [-0.39, 0.29) is 24.2 Å². The third kappa shape index (κ3) is 4.02. The molecule has 136 valence electrons. The molecule has 8 nitrogen and oxygen atoms in total. The van der Waals surface area contributed by atoms with Gasteiger partial charge >= 0.3 is 5.97 Å². The molecule has 0 unspecified atom stereocenters. The Labute approximate surface area is 150 Å². The highest BCUT2D eigenvalue weighted by molar-refractivity contribution is 5.93. The molecule has 3 rings (SSSR count). The summed E-state index contributed by atoms with van der Waals surface area (Å²) in [5.74, 6) is -0.819. The van der Waals surface area contributed by atoms with Gasteiger partial charge in [-0.1, -0.05) is 6.07 Å². The smallest absolute Gasteiger partial charge is 0.338 e. The van der Waals surface area contributed by atoms with Crippen LogP contribution in [0.5, 0.6) is 0 Å². The Kier molecular flexibility index (Phi) is 5.21. The zero-order chi connectivity index (χ0) is 18.5. The zero-order valence-corrected chi connectivity index (χ0v) is 14.1. The lowest BCUT2D eigenvalue weighted by atomic mass is 10.2. The van der Waals surface area contributed by atoms with Crippen LogP contribution in [0, 0.1) is 0 Å². The maximum Gasteiger partial charge on any atom is 0.338 e. The van der Waals surface area contributed by atoms with Crippen LogP contribution in [0.2, 0.25) is 0 Å². The lowest BCUT2D eigenvalue weighted by Gasteiger charge is -2.34. The second-order valence-electron chi connectivity index (χ2n) is 5.85. The van der Waals surface area contributed by atoms with E-state index in [9.17, 15) is 14.4 Å². The van der Waals surface area contributed by atoms with Gasteiger partial charge in [-0.2, -0.15) is 0 Å². The quantitative estimate of drug-likeness (QED) is 0.646. The molecule has 2 heterocycles. The molecule has 26 heavy (non-hydrogen) atoms. The van der Waals surface area contributed by atoms with E-state index in [0.29, 0.717) is 37.4 Å². The summed E-state index contributed by atoms with van der Waals surface area (Å²) in [7, 11) is 0. The maximum atomic E-state index is 12.2. The summed E-state index contributed by atoms with van der Waals surface area (Å²) in [6.07, 6.45) is 1.45. The number of furan rings is 1. The van der Waals surface area contributed by atoms with Gasteiger partial charge in [0.05, 0.1) is 11.8 Å². The molecule has 0 saturated carbocycles. The van der Waals surface area contributed by atoms with Gasteiger partial charge in [-0.25, -0.2) is 4.79 Å². The van der Waals surface area contributed by atoms with Crippen molar-refractivity contribution in [1.82, 2.24) is 9.80 Å². The second kappa shape index (κ2) is 7.73. The Morgan fingerprint density at radius 2 is 1.77 bits per heavy atom. The van der Waals surface area contributed by atoms with Crippen LogP contribution in [-0.4, -0.2) is 60.4 Å². The van der Waals surface area contributed by atoms with Gasteiger partial charge in [0.25, 0.3) is 11.8 Å². The van der Waals surface area contributed by atoms with Gasteiger partial charge in [0, 0.05) is 31.9 Å². The molecular weight excluding hydrogens is 338 g/mol. The molecule has 0 spiro atoms. The first-order valence-corrected chi connectivity index (χ1v) is 8.18. The first-order valence-electron chi connectivity index (χ1n) is 8.18. The van der Waals surface area contributed by atoms with E-state index in [2.05, 4.69) is 0 Å². The summed E-state index contributed by atoms with van der Waals surface area (Å²) in [6, 6.07) is 9.62. The molecule has 0 aliphatic carbocycles. The normalized spacial score (nSPS) is 14.2. The molecular formula is C18H19N3O5. The first-order chi connectivity index (χ1) is 12.5.